The van der Waals surface area contributed by atoms with Crippen LogP contribution >= 0.6 is 0 Å². The Labute approximate surface area is 101 Å². The first-order valence-corrected chi connectivity index (χ1v) is 7.35. The van der Waals surface area contributed by atoms with Crippen LogP contribution in [0.4, 0.5) is 4.39 Å². The van der Waals surface area contributed by atoms with E-state index in [0.29, 0.717) is 0 Å². The van der Waals surface area contributed by atoms with Gasteiger partial charge in [0, 0.05) is 6.04 Å². The minimum atomic E-state index is -3.72. The topological polar surface area (TPSA) is 46.2 Å². The van der Waals surface area contributed by atoms with E-state index in [-0.39, 0.29) is 10.9 Å². The van der Waals surface area contributed by atoms with Gasteiger partial charge in [0.1, 0.15) is 10.7 Å². The standard InChI is InChI=1S/C12H16FNO2S/c13-11-8-4-5-9-12(11)17(15,16)14-10-6-2-1-3-7-10/h4-5,8-10,14H,1-3,6-7H2. The van der Waals surface area contributed by atoms with Crippen LogP contribution in [0.5, 0.6) is 0 Å². The fourth-order valence-corrected chi connectivity index (χ4v) is 3.55. The van der Waals surface area contributed by atoms with Gasteiger partial charge in [-0.25, -0.2) is 17.5 Å². The van der Waals surface area contributed by atoms with Crippen LogP contribution in [0, 0.1) is 5.82 Å². The van der Waals surface area contributed by atoms with Gasteiger partial charge in [-0.2, -0.15) is 0 Å². The second-order valence-electron chi connectivity index (χ2n) is 4.39. The smallest absolute Gasteiger partial charge is 0.208 e. The summed E-state index contributed by atoms with van der Waals surface area (Å²) < 4.78 is 39.9. The predicted molar refractivity (Wildman–Crippen MR) is 63.6 cm³/mol. The van der Waals surface area contributed by atoms with Gasteiger partial charge in [0.25, 0.3) is 0 Å². The summed E-state index contributed by atoms with van der Waals surface area (Å²) in [4.78, 5) is -0.259. The average molecular weight is 257 g/mol. The van der Waals surface area contributed by atoms with Gasteiger partial charge in [-0.1, -0.05) is 31.4 Å². The summed E-state index contributed by atoms with van der Waals surface area (Å²) >= 11 is 0. The van der Waals surface area contributed by atoms with Gasteiger partial charge >= 0.3 is 0 Å². The second kappa shape index (κ2) is 5.14. The lowest BCUT2D eigenvalue weighted by molar-refractivity contribution is 0.411. The third kappa shape index (κ3) is 3.04. The van der Waals surface area contributed by atoms with E-state index in [9.17, 15) is 12.8 Å². The summed E-state index contributed by atoms with van der Waals surface area (Å²) in [5, 5.41) is 0. The Bertz CT molecular complexity index is 481. The van der Waals surface area contributed by atoms with E-state index in [1.165, 1.54) is 18.2 Å². The van der Waals surface area contributed by atoms with Crippen LogP contribution in [0.25, 0.3) is 0 Å². The molecule has 0 unspecified atom stereocenters. The Balaban J connectivity index is 2.16. The molecule has 0 bridgehead atoms. The second-order valence-corrected chi connectivity index (χ2v) is 6.07. The molecule has 0 aromatic heterocycles. The molecule has 0 amide bonds. The maximum absolute atomic E-state index is 13.4. The lowest BCUT2D eigenvalue weighted by atomic mass is 9.96. The van der Waals surface area contributed by atoms with E-state index < -0.39 is 15.8 Å². The molecule has 0 saturated heterocycles. The highest BCUT2D eigenvalue weighted by molar-refractivity contribution is 7.89. The van der Waals surface area contributed by atoms with Crippen molar-refractivity contribution in [3.05, 3.63) is 30.1 Å². The molecule has 0 atom stereocenters. The summed E-state index contributed by atoms with van der Waals surface area (Å²) in [6, 6.07) is 5.41. The molecule has 1 aromatic carbocycles. The van der Waals surface area contributed by atoms with Crippen molar-refractivity contribution in [2.24, 2.45) is 0 Å². The highest BCUT2D eigenvalue weighted by atomic mass is 32.2. The Morgan fingerprint density at radius 1 is 1.12 bits per heavy atom. The van der Waals surface area contributed by atoms with Crippen LogP contribution in [0.15, 0.2) is 29.2 Å². The van der Waals surface area contributed by atoms with Crippen molar-refractivity contribution < 1.29 is 12.8 Å². The van der Waals surface area contributed by atoms with Crippen molar-refractivity contribution in [3.63, 3.8) is 0 Å². The molecule has 94 valence electrons. The van der Waals surface area contributed by atoms with Crippen molar-refractivity contribution in [1.29, 1.82) is 0 Å². The van der Waals surface area contributed by atoms with Crippen molar-refractivity contribution in [2.75, 3.05) is 0 Å². The number of rotatable bonds is 3. The van der Waals surface area contributed by atoms with Crippen LogP contribution in [-0.2, 0) is 10.0 Å². The molecular formula is C12H16FNO2S. The molecule has 5 heteroatoms. The first kappa shape index (κ1) is 12.5. The average Bonchev–Trinajstić information content (AvgIpc) is 2.30. The lowest BCUT2D eigenvalue weighted by Gasteiger charge is -2.22. The van der Waals surface area contributed by atoms with Gasteiger partial charge in [0.15, 0.2) is 0 Å². The first-order valence-electron chi connectivity index (χ1n) is 5.86. The molecule has 0 heterocycles. The number of hydrogen-bond donors (Lipinski definition) is 1. The van der Waals surface area contributed by atoms with E-state index in [1.54, 1.807) is 0 Å². The minimum absolute atomic E-state index is 0.0478. The Morgan fingerprint density at radius 3 is 2.41 bits per heavy atom. The monoisotopic (exact) mass is 257 g/mol. The van der Waals surface area contributed by atoms with Gasteiger partial charge < -0.3 is 0 Å². The van der Waals surface area contributed by atoms with Gasteiger partial charge in [-0.3, -0.25) is 0 Å². The fourth-order valence-electron chi connectivity index (χ4n) is 2.17. The zero-order chi connectivity index (χ0) is 12.3. The van der Waals surface area contributed by atoms with Crippen molar-refractivity contribution in [3.8, 4) is 0 Å². The molecule has 1 N–H and O–H groups in total. The van der Waals surface area contributed by atoms with Gasteiger partial charge in [0.05, 0.1) is 0 Å². The molecule has 17 heavy (non-hydrogen) atoms. The van der Waals surface area contributed by atoms with Crippen LogP contribution in [0.3, 0.4) is 0 Å². The van der Waals surface area contributed by atoms with Crippen LogP contribution in [0.2, 0.25) is 0 Å². The van der Waals surface area contributed by atoms with Crippen LogP contribution in [-0.4, -0.2) is 14.5 Å². The highest BCUT2D eigenvalue weighted by Crippen LogP contribution is 2.20. The third-order valence-electron chi connectivity index (χ3n) is 3.05. The number of benzene rings is 1. The normalized spacial score (nSPS) is 18.2. The molecule has 0 aliphatic heterocycles. The van der Waals surface area contributed by atoms with Gasteiger partial charge in [0.2, 0.25) is 10.0 Å². The zero-order valence-electron chi connectivity index (χ0n) is 9.52. The molecular weight excluding hydrogens is 241 g/mol. The number of nitrogens with one attached hydrogen (secondary N) is 1. The molecule has 1 saturated carbocycles. The van der Waals surface area contributed by atoms with Crippen molar-refractivity contribution >= 4 is 10.0 Å². The largest absolute Gasteiger partial charge is 0.243 e. The Morgan fingerprint density at radius 2 is 1.76 bits per heavy atom. The molecule has 3 nitrogen and oxygen atoms in total. The predicted octanol–water partition coefficient (Wildman–Crippen LogP) is 2.44. The van der Waals surface area contributed by atoms with Crippen LogP contribution in [0.1, 0.15) is 32.1 Å². The SMILES string of the molecule is O=S(=O)(NC1CCCCC1)c1ccccc1F. The van der Waals surface area contributed by atoms with Gasteiger partial charge in [-0.15, -0.1) is 0 Å². The Hall–Kier alpha value is -0.940. The number of hydrogen-bond acceptors (Lipinski definition) is 2. The molecule has 1 aliphatic carbocycles. The zero-order valence-corrected chi connectivity index (χ0v) is 10.3. The van der Waals surface area contributed by atoms with E-state index in [4.69, 9.17) is 0 Å². The first-order chi connectivity index (χ1) is 8.09. The molecule has 1 aliphatic rings. The summed E-state index contributed by atoms with van der Waals surface area (Å²) in [6.07, 6.45) is 4.90. The van der Waals surface area contributed by atoms with Gasteiger partial charge in [-0.05, 0) is 25.0 Å². The Kier molecular flexibility index (Phi) is 3.79. The number of sulfonamides is 1. The quantitative estimate of drug-likeness (QED) is 0.904. The molecule has 1 fully saturated rings. The van der Waals surface area contributed by atoms with E-state index in [0.717, 1.165) is 38.2 Å². The van der Waals surface area contributed by atoms with E-state index >= 15 is 0 Å². The minimum Gasteiger partial charge on any atom is -0.208 e. The maximum atomic E-state index is 13.4. The lowest BCUT2D eigenvalue weighted by Crippen LogP contribution is -2.36. The highest BCUT2D eigenvalue weighted by Gasteiger charge is 2.23. The fraction of sp³-hybridized carbons (Fsp3) is 0.500. The summed E-state index contributed by atoms with van der Waals surface area (Å²) in [5.41, 5.74) is 0. The molecule has 0 radical (unpaired) electrons. The summed E-state index contributed by atoms with van der Waals surface area (Å²) in [7, 11) is -3.72. The van der Waals surface area contributed by atoms with Crippen molar-refractivity contribution in [2.45, 2.75) is 43.0 Å². The summed E-state index contributed by atoms with van der Waals surface area (Å²) in [5.74, 6) is -0.698. The van der Waals surface area contributed by atoms with E-state index in [2.05, 4.69) is 4.72 Å². The maximum Gasteiger partial charge on any atom is 0.243 e. The molecule has 0 spiro atoms. The molecule has 1 aromatic rings. The van der Waals surface area contributed by atoms with Crippen LogP contribution < -0.4 is 4.72 Å². The van der Waals surface area contributed by atoms with Crippen molar-refractivity contribution in [1.82, 2.24) is 4.72 Å². The molecule has 2 rings (SSSR count). The van der Waals surface area contributed by atoms with E-state index in [1.807, 2.05) is 0 Å². The number of halogens is 1. The summed E-state index contributed by atoms with van der Waals surface area (Å²) in [6.45, 7) is 0. The third-order valence-corrected chi connectivity index (χ3v) is 4.61.